The van der Waals surface area contributed by atoms with E-state index >= 15 is 0 Å². The lowest BCUT2D eigenvalue weighted by Gasteiger charge is -2.16. The molecule has 0 aliphatic carbocycles. The molecule has 1 rings (SSSR count). The summed E-state index contributed by atoms with van der Waals surface area (Å²) in [5.41, 5.74) is -1.48. The summed E-state index contributed by atoms with van der Waals surface area (Å²) in [6, 6.07) is -0.885. The lowest BCUT2D eigenvalue weighted by molar-refractivity contribution is 0.0279. The van der Waals surface area contributed by atoms with Crippen LogP contribution in [0.1, 0.15) is 13.3 Å². The maximum atomic E-state index is 13.1. The molecular formula is C6H10BFO2. The first-order valence-corrected chi connectivity index (χ1v) is 3.27. The van der Waals surface area contributed by atoms with Crippen molar-refractivity contribution >= 4 is 7.85 Å². The molecule has 1 unspecified atom stereocenters. The van der Waals surface area contributed by atoms with Crippen LogP contribution in [0.3, 0.4) is 0 Å². The zero-order chi connectivity index (χ0) is 7.78. The highest BCUT2D eigenvalue weighted by Crippen LogP contribution is 2.31. The van der Waals surface area contributed by atoms with Crippen molar-refractivity contribution in [3.8, 4) is 0 Å². The maximum absolute atomic E-state index is 13.1. The molecule has 2 radical (unpaired) electrons. The van der Waals surface area contributed by atoms with Gasteiger partial charge in [-0.3, -0.25) is 0 Å². The summed E-state index contributed by atoms with van der Waals surface area (Å²) >= 11 is 0. The van der Waals surface area contributed by atoms with Gasteiger partial charge in [0.2, 0.25) is 0 Å². The SMILES string of the molecule is [B][C@@H]1O[C@H](CO)CC1(C)F. The zero-order valence-electron chi connectivity index (χ0n) is 5.88. The first-order valence-electron chi connectivity index (χ1n) is 3.27. The fourth-order valence-corrected chi connectivity index (χ4v) is 1.07. The Bertz CT molecular complexity index is 129. The summed E-state index contributed by atoms with van der Waals surface area (Å²) in [6.07, 6.45) is -0.241. The third kappa shape index (κ3) is 1.32. The highest BCUT2D eigenvalue weighted by Gasteiger charge is 2.41. The third-order valence-electron chi connectivity index (χ3n) is 1.76. The van der Waals surface area contributed by atoms with E-state index < -0.39 is 17.8 Å². The molecule has 0 bridgehead atoms. The van der Waals surface area contributed by atoms with Crippen molar-refractivity contribution in [3.63, 3.8) is 0 Å². The molecule has 1 heterocycles. The summed E-state index contributed by atoms with van der Waals surface area (Å²) < 4.78 is 18.0. The first-order chi connectivity index (χ1) is 4.56. The second-order valence-corrected chi connectivity index (χ2v) is 2.84. The molecule has 1 fully saturated rings. The molecular weight excluding hydrogens is 134 g/mol. The molecule has 1 aliphatic heterocycles. The number of hydrogen-bond acceptors (Lipinski definition) is 2. The Morgan fingerprint density at radius 3 is 2.70 bits per heavy atom. The smallest absolute Gasteiger partial charge is 0.128 e. The summed E-state index contributed by atoms with van der Waals surface area (Å²) in [7, 11) is 5.27. The minimum atomic E-state index is -1.48. The zero-order valence-corrected chi connectivity index (χ0v) is 5.88. The second-order valence-electron chi connectivity index (χ2n) is 2.84. The molecule has 4 heteroatoms. The Morgan fingerprint density at radius 1 is 1.90 bits per heavy atom. The van der Waals surface area contributed by atoms with Crippen molar-refractivity contribution in [2.24, 2.45) is 0 Å². The maximum Gasteiger partial charge on any atom is 0.128 e. The highest BCUT2D eigenvalue weighted by molar-refractivity contribution is 6.12. The van der Waals surface area contributed by atoms with Crippen molar-refractivity contribution in [1.82, 2.24) is 0 Å². The van der Waals surface area contributed by atoms with Crippen LogP contribution in [0.4, 0.5) is 4.39 Å². The quantitative estimate of drug-likeness (QED) is 0.524. The van der Waals surface area contributed by atoms with Crippen LogP contribution in [0.5, 0.6) is 0 Å². The molecule has 56 valence electrons. The van der Waals surface area contributed by atoms with Crippen LogP contribution < -0.4 is 0 Å². The van der Waals surface area contributed by atoms with Crippen molar-refractivity contribution in [3.05, 3.63) is 0 Å². The van der Waals surface area contributed by atoms with E-state index in [9.17, 15) is 4.39 Å². The summed E-state index contributed by atoms with van der Waals surface area (Å²) in [5.74, 6) is 0. The van der Waals surface area contributed by atoms with Gasteiger partial charge in [0.25, 0.3) is 0 Å². The van der Waals surface area contributed by atoms with Gasteiger partial charge in [-0.25, -0.2) is 4.39 Å². The predicted molar refractivity (Wildman–Crippen MR) is 35.6 cm³/mol. The molecule has 0 saturated carbocycles. The van der Waals surface area contributed by atoms with Gasteiger partial charge in [0, 0.05) is 6.42 Å². The van der Waals surface area contributed by atoms with Crippen LogP contribution >= 0.6 is 0 Å². The van der Waals surface area contributed by atoms with E-state index in [1.54, 1.807) is 0 Å². The first kappa shape index (κ1) is 8.02. The fourth-order valence-electron chi connectivity index (χ4n) is 1.07. The number of hydrogen-bond donors (Lipinski definition) is 1. The average molecular weight is 144 g/mol. The molecule has 2 nitrogen and oxygen atoms in total. The Kier molecular flexibility index (Phi) is 2.01. The van der Waals surface area contributed by atoms with Crippen molar-refractivity contribution in [2.45, 2.75) is 31.1 Å². The van der Waals surface area contributed by atoms with Gasteiger partial charge in [0.1, 0.15) is 13.5 Å². The van der Waals surface area contributed by atoms with Crippen LogP contribution in [0.25, 0.3) is 0 Å². The van der Waals surface area contributed by atoms with Crippen LogP contribution in [0.2, 0.25) is 0 Å². The van der Waals surface area contributed by atoms with Gasteiger partial charge < -0.3 is 9.84 Å². The lowest BCUT2D eigenvalue weighted by atomic mass is 9.85. The minimum Gasteiger partial charge on any atom is -0.394 e. The number of ether oxygens (including phenoxy) is 1. The predicted octanol–water partition coefficient (Wildman–Crippen LogP) is -0.00960. The molecule has 0 aromatic heterocycles. The van der Waals surface area contributed by atoms with Crippen LogP contribution in [-0.4, -0.2) is 37.3 Å². The van der Waals surface area contributed by atoms with E-state index in [4.69, 9.17) is 17.7 Å². The molecule has 3 atom stereocenters. The van der Waals surface area contributed by atoms with Crippen molar-refractivity contribution in [1.29, 1.82) is 0 Å². The topological polar surface area (TPSA) is 29.5 Å². The van der Waals surface area contributed by atoms with Gasteiger partial charge in [-0.1, -0.05) is 0 Å². The molecule has 0 spiro atoms. The van der Waals surface area contributed by atoms with E-state index in [0.717, 1.165) is 0 Å². The molecule has 1 N–H and O–H groups in total. The molecule has 0 aromatic rings. The minimum absolute atomic E-state index is 0.160. The van der Waals surface area contributed by atoms with E-state index in [1.807, 2.05) is 0 Å². The fraction of sp³-hybridized carbons (Fsp3) is 1.00. The Hall–Kier alpha value is -0.0851. The molecule has 1 saturated heterocycles. The van der Waals surface area contributed by atoms with Gasteiger partial charge in [-0.15, -0.1) is 0 Å². The number of aliphatic hydroxyl groups is 1. The van der Waals surface area contributed by atoms with E-state index in [1.165, 1.54) is 6.92 Å². The van der Waals surface area contributed by atoms with Gasteiger partial charge >= 0.3 is 0 Å². The summed E-state index contributed by atoms with van der Waals surface area (Å²) in [4.78, 5) is 0. The Balaban J connectivity index is 2.53. The highest BCUT2D eigenvalue weighted by atomic mass is 19.1. The van der Waals surface area contributed by atoms with Gasteiger partial charge in [-0.2, -0.15) is 0 Å². The van der Waals surface area contributed by atoms with Crippen LogP contribution in [0, 0.1) is 0 Å². The number of aliphatic hydroxyl groups excluding tert-OH is 1. The van der Waals surface area contributed by atoms with E-state index in [-0.39, 0.29) is 13.0 Å². The molecule has 0 aromatic carbocycles. The average Bonchev–Trinajstić information content (AvgIpc) is 2.08. The van der Waals surface area contributed by atoms with Crippen LogP contribution in [-0.2, 0) is 4.74 Å². The summed E-state index contributed by atoms with van der Waals surface area (Å²) in [5, 5.41) is 8.57. The second kappa shape index (κ2) is 2.51. The van der Waals surface area contributed by atoms with Gasteiger partial charge in [0.15, 0.2) is 0 Å². The standard InChI is InChI=1S/C6H10BFO2/c1-6(8)2-4(3-9)10-5(6)7/h4-5,9H,2-3H2,1H3/t4-,5+,6?/m0/s1. The van der Waals surface area contributed by atoms with E-state index in [0.29, 0.717) is 0 Å². The number of halogens is 1. The molecule has 0 amide bonds. The molecule has 10 heavy (non-hydrogen) atoms. The van der Waals surface area contributed by atoms with Gasteiger partial charge in [0.05, 0.1) is 18.7 Å². The lowest BCUT2D eigenvalue weighted by Crippen LogP contribution is -2.29. The largest absolute Gasteiger partial charge is 0.394 e. The number of rotatable bonds is 1. The van der Waals surface area contributed by atoms with Crippen molar-refractivity contribution in [2.75, 3.05) is 6.61 Å². The molecule has 1 aliphatic rings. The van der Waals surface area contributed by atoms with Gasteiger partial charge in [-0.05, 0) is 6.92 Å². The monoisotopic (exact) mass is 144 g/mol. The normalized spacial score (nSPS) is 47.9. The third-order valence-corrected chi connectivity index (χ3v) is 1.76. The summed E-state index contributed by atoms with van der Waals surface area (Å²) in [6.45, 7) is 1.22. The van der Waals surface area contributed by atoms with Crippen LogP contribution in [0.15, 0.2) is 0 Å². The Labute approximate surface area is 60.8 Å². The Morgan fingerprint density at radius 2 is 2.50 bits per heavy atom. The van der Waals surface area contributed by atoms with Crippen molar-refractivity contribution < 1.29 is 14.2 Å². The van der Waals surface area contributed by atoms with E-state index in [2.05, 4.69) is 0 Å². The number of alkyl halides is 1.